The number of halogens is 3. The molecule has 0 unspecified atom stereocenters. The van der Waals surface area contributed by atoms with Crippen LogP contribution in [0.4, 0.5) is 13.2 Å². The summed E-state index contributed by atoms with van der Waals surface area (Å²) in [7, 11) is 0. The van der Waals surface area contributed by atoms with Crippen LogP contribution in [0, 0.1) is 0 Å². The molecule has 0 radical (unpaired) electrons. The van der Waals surface area contributed by atoms with Crippen LogP contribution in [0.5, 0.6) is 0 Å². The van der Waals surface area contributed by atoms with Crippen molar-refractivity contribution in [2.45, 2.75) is 24.1 Å². The summed E-state index contributed by atoms with van der Waals surface area (Å²) in [5, 5.41) is 0. The van der Waals surface area contributed by atoms with Gasteiger partial charge in [0.25, 0.3) is 0 Å². The fraction of sp³-hybridized carbons (Fsp3) is 1.00. The molecule has 7 heteroatoms. The highest BCUT2D eigenvalue weighted by Gasteiger charge is 2.40. The molecule has 0 N–H and O–H groups in total. The molecule has 3 nitrogen and oxygen atoms in total. The predicted octanol–water partition coefficient (Wildman–Crippen LogP) is 2.08. The molecule has 0 aromatic carbocycles. The van der Waals surface area contributed by atoms with Gasteiger partial charge in [-0.3, -0.25) is 4.90 Å². The normalized spacial score (nSPS) is 25.6. The lowest BCUT2D eigenvalue weighted by molar-refractivity contribution is -0.188. The third-order valence-corrected chi connectivity index (χ3v) is 3.70. The summed E-state index contributed by atoms with van der Waals surface area (Å²) in [5.41, 5.74) is -4.13. The van der Waals surface area contributed by atoms with Crippen molar-refractivity contribution in [1.82, 2.24) is 4.90 Å². The van der Waals surface area contributed by atoms with Gasteiger partial charge in [-0.05, 0) is 24.7 Å². The first-order valence-electron chi connectivity index (χ1n) is 5.70. The summed E-state index contributed by atoms with van der Waals surface area (Å²) < 4.78 is 47.1. The Hall–Kier alpha value is 0.0200. The van der Waals surface area contributed by atoms with Crippen molar-refractivity contribution in [3.8, 4) is 0 Å². The molecule has 0 bridgehead atoms. The second-order valence-electron chi connectivity index (χ2n) is 4.28. The number of nitrogens with zero attached hydrogens (tertiary/aromatic N) is 1. The lowest BCUT2D eigenvalue weighted by Crippen LogP contribution is -2.49. The van der Waals surface area contributed by atoms with Gasteiger partial charge in [-0.2, -0.15) is 13.2 Å². The first kappa shape index (κ1) is 13.5. The van der Waals surface area contributed by atoms with Gasteiger partial charge in [0.15, 0.2) is 5.79 Å². The summed E-state index contributed by atoms with van der Waals surface area (Å²) in [6.07, 6.45) is 1.76. The van der Waals surface area contributed by atoms with Gasteiger partial charge in [-0.25, -0.2) is 0 Å². The summed E-state index contributed by atoms with van der Waals surface area (Å²) >= 11 is 0.0349. The number of likely N-dealkylation sites (tertiary alicyclic amines) is 1. The Morgan fingerprint density at radius 3 is 2.59 bits per heavy atom. The van der Waals surface area contributed by atoms with Gasteiger partial charge in [-0.15, -0.1) is 0 Å². The maximum Gasteiger partial charge on any atom is 0.441 e. The van der Waals surface area contributed by atoms with Crippen molar-refractivity contribution in [3.63, 3.8) is 0 Å². The van der Waals surface area contributed by atoms with E-state index in [0.29, 0.717) is 26.3 Å². The van der Waals surface area contributed by atoms with Crippen molar-refractivity contribution in [2.24, 2.45) is 0 Å². The van der Waals surface area contributed by atoms with Crippen molar-refractivity contribution in [1.29, 1.82) is 0 Å². The minimum atomic E-state index is -4.13. The van der Waals surface area contributed by atoms with Gasteiger partial charge in [0, 0.05) is 18.7 Å². The maximum absolute atomic E-state index is 12.0. The molecule has 1 spiro atoms. The summed E-state index contributed by atoms with van der Waals surface area (Å²) in [6, 6.07) is 0. The Balaban J connectivity index is 1.74. The Bertz CT molecular complexity index is 256. The molecule has 2 rings (SSSR count). The van der Waals surface area contributed by atoms with Crippen LogP contribution < -0.4 is 0 Å². The van der Waals surface area contributed by atoms with Crippen LogP contribution in [0.25, 0.3) is 0 Å². The highest BCUT2D eigenvalue weighted by molar-refractivity contribution is 8.00. The molecule has 17 heavy (non-hydrogen) atoms. The lowest BCUT2D eigenvalue weighted by Gasteiger charge is -2.38. The van der Waals surface area contributed by atoms with Gasteiger partial charge < -0.3 is 9.47 Å². The third-order valence-electron chi connectivity index (χ3n) is 2.98. The molecule has 0 atom stereocenters. The van der Waals surface area contributed by atoms with E-state index in [-0.39, 0.29) is 17.5 Å². The molecule has 2 aliphatic rings. The molecular formula is C10H16F3NO2S. The first-order chi connectivity index (χ1) is 7.99. The number of thioether (sulfide) groups is 1. The van der Waals surface area contributed by atoms with Crippen LogP contribution in [-0.4, -0.2) is 54.8 Å². The van der Waals surface area contributed by atoms with E-state index in [1.165, 1.54) is 0 Å². The van der Waals surface area contributed by atoms with Crippen LogP contribution in [0.2, 0.25) is 0 Å². The van der Waals surface area contributed by atoms with Crippen LogP contribution in [0.15, 0.2) is 0 Å². The van der Waals surface area contributed by atoms with Crippen LogP contribution >= 0.6 is 11.8 Å². The Morgan fingerprint density at radius 1 is 1.24 bits per heavy atom. The Morgan fingerprint density at radius 2 is 1.94 bits per heavy atom. The standard InChI is InChI=1S/C10H16F3NO2S/c11-10(12,13)17-7-4-14-3-1-2-9(8-14)15-5-6-16-9/h1-8H2. The Labute approximate surface area is 103 Å². The van der Waals surface area contributed by atoms with Crippen molar-refractivity contribution < 1.29 is 22.6 Å². The third kappa shape index (κ3) is 4.01. The topological polar surface area (TPSA) is 21.7 Å². The largest absolute Gasteiger partial charge is 0.441 e. The number of hydrogen-bond acceptors (Lipinski definition) is 4. The highest BCUT2D eigenvalue weighted by atomic mass is 32.2. The van der Waals surface area contributed by atoms with Crippen molar-refractivity contribution in [3.05, 3.63) is 0 Å². The molecule has 2 fully saturated rings. The summed E-state index contributed by atoms with van der Waals surface area (Å²) in [4.78, 5) is 1.99. The van der Waals surface area contributed by atoms with E-state index in [1.807, 2.05) is 4.90 Å². The molecule has 0 aliphatic carbocycles. The fourth-order valence-corrected chi connectivity index (χ4v) is 2.87. The number of piperidine rings is 1. The van der Waals surface area contributed by atoms with Crippen molar-refractivity contribution >= 4 is 11.8 Å². The van der Waals surface area contributed by atoms with Gasteiger partial charge in [-0.1, -0.05) is 0 Å². The van der Waals surface area contributed by atoms with E-state index in [9.17, 15) is 13.2 Å². The number of hydrogen-bond donors (Lipinski definition) is 0. The minimum Gasteiger partial charge on any atom is -0.346 e. The minimum absolute atomic E-state index is 0.0349. The highest BCUT2D eigenvalue weighted by Crippen LogP contribution is 2.32. The number of alkyl halides is 3. The molecule has 2 saturated heterocycles. The van der Waals surface area contributed by atoms with Crippen molar-refractivity contribution in [2.75, 3.05) is 38.6 Å². The zero-order chi connectivity index (χ0) is 12.4. The van der Waals surface area contributed by atoms with Crippen LogP contribution in [0.3, 0.4) is 0 Å². The zero-order valence-electron chi connectivity index (χ0n) is 9.46. The smallest absolute Gasteiger partial charge is 0.346 e. The summed E-state index contributed by atoms with van der Waals surface area (Å²) in [5.74, 6) is -0.471. The molecule has 2 heterocycles. The monoisotopic (exact) mass is 271 g/mol. The quantitative estimate of drug-likeness (QED) is 0.783. The van der Waals surface area contributed by atoms with Gasteiger partial charge >= 0.3 is 5.51 Å². The second-order valence-corrected chi connectivity index (χ2v) is 5.44. The van der Waals surface area contributed by atoms with Crippen LogP contribution in [0.1, 0.15) is 12.8 Å². The molecule has 0 aromatic rings. The second kappa shape index (κ2) is 5.34. The average molecular weight is 271 g/mol. The Kier molecular flexibility index (Phi) is 4.22. The molecule has 100 valence electrons. The van der Waals surface area contributed by atoms with E-state index in [2.05, 4.69) is 0 Å². The molecule has 2 aliphatic heterocycles. The fourth-order valence-electron chi connectivity index (χ4n) is 2.28. The van der Waals surface area contributed by atoms with Gasteiger partial charge in [0.1, 0.15) is 0 Å². The van der Waals surface area contributed by atoms with E-state index in [4.69, 9.17) is 9.47 Å². The molecule has 0 amide bonds. The molecule has 0 saturated carbocycles. The van der Waals surface area contributed by atoms with E-state index in [1.54, 1.807) is 0 Å². The van der Waals surface area contributed by atoms with E-state index < -0.39 is 11.3 Å². The lowest BCUT2D eigenvalue weighted by atomic mass is 10.0. The first-order valence-corrected chi connectivity index (χ1v) is 6.69. The summed E-state index contributed by atoms with van der Waals surface area (Å²) in [6.45, 7) is 3.02. The van der Waals surface area contributed by atoms with Gasteiger partial charge in [0.2, 0.25) is 0 Å². The van der Waals surface area contributed by atoms with Crippen LogP contribution in [-0.2, 0) is 9.47 Å². The predicted molar refractivity (Wildman–Crippen MR) is 58.8 cm³/mol. The van der Waals surface area contributed by atoms with E-state index >= 15 is 0 Å². The molecular weight excluding hydrogens is 255 g/mol. The number of rotatable bonds is 3. The SMILES string of the molecule is FC(F)(F)SCCN1CCCC2(C1)OCCO2. The maximum atomic E-state index is 12.0. The number of ether oxygens (including phenoxy) is 2. The average Bonchev–Trinajstić information content (AvgIpc) is 2.64. The van der Waals surface area contributed by atoms with E-state index in [0.717, 1.165) is 19.4 Å². The van der Waals surface area contributed by atoms with Gasteiger partial charge in [0.05, 0.1) is 19.8 Å². The molecule has 0 aromatic heterocycles. The zero-order valence-corrected chi connectivity index (χ0v) is 10.3.